The number of aryl methyl sites for hydroxylation is 2. The zero-order chi connectivity index (χ0) is 13.1. The summed E-state index contributed by atoms with van der Waals surface area (Å²) in [5.41, 5.74) is 9.27. The van der Waals surface area contributed by atoms with Crippen LogP contribution in [0.25, 0.3) is 0 Å². The van der Waals surface area contributed by atoms with Crippen molar-refractivity contribution in [3.8, 4) is 5.88 Å². The highest BCUT2D eigenvalue weighted by Crippen LogP contribution is 2.25. The molecule has 6 heteroatoms. The summed E-state index contributed by atoms with van der Waals surface area (Å²) in [7, 11) is 1.54. The van der Waals surface area contributed by atoms with Gasteiger partial charge in [-0.05, 0) is 19.9 Å². The highest BCUT2D eigenvalue weighted by atomic mass is 16.5. The van der Waals surface area contributed by atoms with Gasteiger partial charge in [-0.25, -0.2) is 4.98 Å². The number of methoxy groups -OCH3 is 1. The number of nitrogens with two attached hydrogens (primary N) is 1. The van der Waals surface area contributed by atoms with Crippen molar-refractivity contribution in [1.82, 2.24) is 20.2 Å². The molecular weight excluding hydrogens is 230 g/mol. The molecule has 1 atom stereocenters. The van der Waals surface area contributed by atoms with Crippen molar-refractivity contribution in [2.75, 3.05) is 7.11 Å². The summed E-state index contributed by atoms with van der Waals surface area (Å²) < 4.78 is 5.17. The van der Waals surface area contributed by atoms with E-state index in [1.54, 1.807) is 19.5 Å². The molecule has 0 aliphatic rings. The van der Waals surface area contributed by atoms with Gasteiger partial charge in [-0.1, -0.05) is 0 Å². The van der Waals surface area contributed by atoms with Crippen LogP contribution in [-0.2, 0) is 0 Å². The molecule has 0 amide bonds. The smallest absolute Gasteiger partial charge is 0.237 e. The molecule has 2 heterocycles. The van der Waals surface area contributed by atoms with E-state index in [1.807, 2.05) is 19.9 Å². The molecule has 0 aliphatic carbocycles. The molecule has 18 heavy (non-hydrogen) atoms. The van der Waals surface area contributed by atoms with Crippen molar-refractivity contribution in [3.63, 3.8) is 0 Å². The molecule has 2 aromatic rings. The van der Waals surface area contributed by atoms with Gasteiger partial charge in [0.15, 0.2) is 0 Å². The van der Waals surface area contributed by atoms with Crippen molar-refractivity contribution in [2.45, 2.75) is 19.9 Å². The first kappa shape index (κ1) is 12.4. The molecule has 2 N–H and O–H groups in total. The van der Waals surface area contributed by atoms with Crippen molar-refractivity contribution >= 4 is 0 Å². The predicted molar refractivity (Wildman–Crippen MR) is 66.1 cm³/mol. The van der Waals surface area contributed by atoms with Gasteiger partial charge in [-0.15, -0.1) is 0 Å². The molecule has 0 radical (unpaired) electrons. The van der Waals surface area contributed by atoms with Gasteiger partial charge in [0.2, 0.25) is 5.88 Å². The normalized spacial score (nSPS) is 12.2. The standard InChI is InChI=1S/C12H15N5O/c1-7-6-9(8(2)17-16-7)10(13)11-12(18-3)15-5-4-14-11/h4-6,10H,13H2,1-3H3. The highest BCUT2D eigenvalue weighted by Gasteiger charge is 2.19. The molecule has 0 aromatic carbocycles. The lowest BCUT2D eigenvalue weighted by atomic mass is 10.0. The fraction of sp³-hybridized carbons (Fsp3) is 0.333. The maximum absolute atomic E-state index is 6.21. The first-order valence-electron chi connectivity index (χ1n) is 5.54. The number of ether oxygens (including phenoxy) is 1. The maximum atomic E-state index is 6.21. The van der Waals surface area contributed by atoms with E-state index in [0.29, 0.717) is 11.6 Å². The summed E-state index contributed by atoms with van der Waals surface area (Å²) in [5.74, 6) is 0.430. The molecule has 1 unspecified atom stereocenters. The molecule has 0 spiro atoms. The van der Waals surface area contributed by atoms with E-state index in [0.717, 1.165) is 17.0 Å². The number of aromatic nitrogens is 4. The average Bonchev–Trinajstić information content (AvgIpc) is 2.40. The van der Waals surface area contributed by atoms with E-state index >= 15 is 0 Å². The molecule has 6 nitrogen and oxygen atoms in total. The SMILES string of the molecule is COc1nccnc1C(N)c1cc(C)nnc1C. The Morgan fingerprint density at radius 3 is 2.61 bits per heavy atom. The summed E-state index contributed by atoms with van der Waals surface area (Å²) in [5, 5.41) is 8.05. The third-order valence-electron chi connectivity index (χ3n) is 2.65. The lowest BCUT2D eigenvalue weighted by Crippen LogP contribution is -2.17. The van der Waals surface area contributed by atoms with Crippen LogP contribution in [-0.4, -0.2) is 27.3 Å². The maximum Gasteiger partial charge on any atom is 0.237 e. The van der Waals surface area contributed by atoms with Crippen LogP contribution in [0.5, 0.6) is 5.88 Å². The van der Waals surface area contributed by atoms with Crippen molar-refractivity contribution in [1.29, 1.82) is 0 Å². The second kappa shape index (κ2) is 5.05. The minimum Gasteiger partial charge on any atom is -0.480 e. The number of hydrogen-bond donors (Lipinski definition) is 1. The Morgan fingerprint density at radius 2 is 1.89 bits per heavy atom. The zero-order valence-corrected chi connectivity index (χ0v) is 10.6. The molecule has 2 aromatic heterocycles. The molecular formula is C12H15N5O. The number of rotatable bonds is 3. The van der Waals surface area contributed by atoms with Crippen LogP contribution in [0.2, 0.25) is 0 Å². The van der Waals surface area contributed by atoms with Crippen molar-refractivity contribution in [3.05, 3.63) is 41.1 Å². The van der Waals surface area contributed by atoms with Gasteiger partial charge in [0.1, 0.15) is 5.69 Å². The Morgan fingerprint density at radius 1 is 1.17 bits per heavy atom. The monoisotopic (exact) mass is 245 g/mol. The van der Waals surface area contributed by atoms with Crippen LogP contribution < -0.4 is 10.5 Å². The van der Waals surface area contributed by atoms with Crippen LogP contribution in [0, 0.1) is 13.8 Å². The van der Waals surface area contributed by atoms with Crippen LogP contribution in [0.15, 0.2) is 18.5 Å². The zero-order valence-electron chi connectivity index (χ0n) is 10.6. The molecule has 0 fully saturated rings. The van der Waals surface area contributed by atoms with Crippen LogP contribution in [0.1, 0.15) is 28.7 Å². The summed E-state index contributed by atoms with van der Waals surface area (Å²) in [6, 6.07) is 1.48. The average molecular weight is 245 g/mol. The predicted octanol–water partition coefficient (Wildman–Crippen LogP) is 0.940. The Bertz CT molecular complexity index is 558. The van der Waals surface area contributed by atoms with Crippen LogP contribution in [0.4, 0.5) is 0 Å². The molecule has 0 aliphatic heterocycles. The molecule has 0 saturated heterocycles. The van der Waals surface area contributed by atoms with Gasteiger partial charge in [-0.3, -0.25) is 4.98 Å². The third kappa shape index (κ3) is 2.28. The van der Waals surface area contributed by atoms with Gasteiger partial charge in [0.05, 0.1) is 24.5 Å². The molecule has 2 rings (SSSR count). The molecule has 94 valence electrons. The van der Waals surface area contributed by atoms with Gasteiger partial charge in [-0.2, -0.15) is 10.2 Å². The van der Waals surface area contributed by atoms with Crippen molar-refractivity contribution in [2.24, 2.45) is 5.73 Å². The Balaban J connectivity index is 2.47. The number of nitrogens with zero attached hydrogens (tertiary/aromatic N) is 4. The summed E-state index contributed by atoms with van der Waals surface area (Å²) >= 11 is 0. The second-order valence-electron chi connectivity index (χ2n) is 3.96. The minimum atomic E-state index is -0.428. The van der Waals surface area contributed by atoms with Crippen LogP contribution >= 0.6 is 0 Å². The summed E-state index contributed by atoms with van der Waals surface area (Å²) in [6.45, 7) is 3.74. The van der Waals surface area contributed by atoms with Gasteiger partial charge in [0, 0.05) is 18.0 Å². The van der Waals surface area contributed by atoms with Gasteiger partial charge >= 0.3 is 0 Å². The van der Waals surface area contributed by atoms with Crippen molar-refractivity contribution < 1.29 is 4.74 Å². The third-order valence-corrected chi connectivity index (χ3v) is 2.65. The van der Waals surface area contributed by atoms with E-state index in [-0.39, 0.29) is 0 Å². The minimum absolute atomic E-state index is 0.428. The first-order chi connectivity index (χ1) is 8.63. The van der Waals surface area contributed by atoms with E-state index in [2.05, 4.69) is 20.2 Å². The quantitative estimate of drug-likeness (QED) is 0.866. The molecule has 0 bridgehead atoms. The topological polar surface area (TPSA) is 86.8 Å². The second-order valence-corrected chi connectivity index (χ2v) is 3.96. The lowest BCUT2D eigenvalue weighted by Gasteiger charge is -2.15. The summed E-state index contributed by atoms with van der Waals surface area (Å²) in [6.07, 6.45) is 3.16. The first-order valence-corrected chi connectivity index (χ1v) is 5.54. The fourth-order valence-corrected chi connectivity index (χ4v) is 1.74. The van der Waals surface area contributed by atoms with E-state index < -0.39 is 6.04 Å². The highest BCUT2D eigenvalue weighted by molar-refractivity contribution is 5.34. The van der Waals surface area contributed by atoms with E-state index in [9.17, 15) is 0 Å². The van der Waals surface area contributed by atoms with E-state index in [4.69, 9.17) is 10.5 Å². The fourth-order valence-electron chi connectivity index (χ4n) is 1.74. The van der Waals surface area contributed by atoms with Gasteiger partial charge in [0.25, 0.3) is 0 Å². The molecule has 0 saturated carbocycles. The van der Waals surface area contributed by atoms with E-state index in [1.165, 1.54) is 0 Å². The number of hydrogen-bond acceptors (Lipinski definition) is 6. The Kier molecular flexibility index (Phi) is 3.47. The van der Waals surface area contributed by atoms with Gasteiger partial charge < -0.3 is 10.5 Å². The van der Waals surface area contributed by atoms with Crippen LogP contribution in [0.3, 0.4) is 0 Å². The Hall–Kier alpha value is -2.08. The largest absolute Gasteiger partial charge is 0.480 e. The lowest BCUT2D eigenvalue weighted by molar-refractivity contribution is 0.387. The summed E-state index contributed by atoms with van der Waals surface area (Å²) in [4.78, 5) is 8.33. The Labute approximate surface area is 105 Å².